The van der Waals surface area contributed by atoms with Crippen molar-refractivity contribution in [3.63, 3.8) is 0 Å². The number of benzene rings is 6. The summed E-state index contributed by atoms with van der Waals surface area (Å²) in [6.45, 7) is 2.12. The third kappa shape index (κ3) is 4.35. The molecule has 4 heteroatoms. The van der Waals surface area contributed by atoms with E-state index in [0.717, 1.165) is 72.8 Å². The minimum Gasteiger partial charge on any atom is -0.455 e. The van der Waals surface area contributed by atoms with Crippen molar-refractivity contribution in [2.75, 3.05) is 0 Å². The van der Waals surface area contributed by atoms with Gasteiger partial charge in [0.15, 0.2) is 0 Å². The number of hydrogen-bond acceptors (Lipinski definition) is 3. The van der Waals surface area contributed by atoms with Crippen LogP contribution < -0.4 is 25.4 Å². The van der Waals surface area contributed by atoms with E-state index in [1.807, 2.05) is 18.5 Å². The van der Waals surface area contributed by atoms with Gasteiger partial charge in [-0.1, -0.05) is 121 Å². The highest BCUT2D eigenvalue weighted by Crippen LogP contribution is 2.56. The quantitative estimate of drug-likeness (QED) is 0.186. The molecule has 46 heavy (non-hydrogen) atoms. The largest absolute Gasteiger partial charge is 0.455 e. The van der Waals surface area contributed by atoms with Gasteiger partial charge in [-0.3, -0.25) is 4.98 Å². The van der Waals surface area contributed by atoms with E-state index in [9.17, 15) is 0 Å². The highest BCUT2D eigenvalue weighted by Gasteiger charge is 2.39. The molecule has 0 unspecified atom stereocenters. The number of ether oxygens (including phenoxy) is 2. The fraction of sp³-hybridized carbons (Fsp3) is 0.0238. The van der Waals surface area contributed by atoms with Crippen LogP contribution in [-0.2, 0) is 0 Å². The number of rotatable bonds is 4. The van der Waals surface area contributed by atoms with Crippen molar-refractivity contribution in [1.82, 2.24) is 4.98 Å². The minimum absolute atomic E-state index is 0.859. The minimum atomic E-state index is -0.942. The molecule has 2 aliphatic heterocycles. The summed E-state index contributed by atoms with van der Waals surface area (Å²) >= 11 is 0. The van der Waals surface area contributed by atoms with Crippen LogP contribution in [0.3, 0.4) is 0 Å². The van der Waals surface area contributed by atoms with Gasteiger partial charge in [0.2, 0.25) is 0 Å². The number of fused-ring (bicyclic) bond motifs is 4. The van der Waals surface area contributed by atoms with E-state index in [0.29, 0.717) is 0 Å². The topological polar surface area (TPSA) is 31.4 Å². The van der Waals surface area contributed by atoms with Crippen LogP contribution in [-0.4, -0.2) is 4.98 Å². The molecule has 0 bridgehead atoms. The Hall–Kier alpha value is -5.50. The Kier molecular flexibility index (Phi) is 6.33. The van der Waals surface area contributed by atoms with Gasteiger partial charge in [-0.2, -0.15) is 0 Å². The lowest BCUT2D eigenvalue weighted by molar-refractivity contribution is 0.468. The molecule has 0 spiro atoms. The zero-order valence-corrected chi connectivity index (χ0v) is 26.0. The second-order valence-electron chi connectivity index (χ2n) is 11.7. The molecule has 0 N–H and O–H groups in total. The lowest BCUT2D eigenvalue weighted by Gasteiger charge is -2.36. The molecule has 0 amide bonds. The molecule has 3 nitrogen and oxygen atoms in total. The van der Waals surface area contributed by atoms with Crippen molar-refractivity contribution in [2.24, 2.45) is 0 Å². The van der Waals surface area contributed by atoms with Crippen LogP contribution in [0, 0.1) is 6.92 Å². The summed E-state index contributed by atoms with van der Waals surface area (Å²) in [6.07, 6.45) is 3.77. The van der Waals surface area contributed by atoms with Gasteiger partial charge in [-0.15, -0.1) is 0 Å². The number of pyridine rings is 1. The fourth-order valence-corrected chi connectivity index (χ4v) is 9.24. The Balaban J connectivity index is 1.25. The molecule has 0 saturated carbocycles. The van der Waals surface area contributed by atoms with Crippen LogP contribution in [0.1, 0.15) is 5.56 Å². The van der Waals surface area contributed by atoms with E-state index in [4.69, 9.17) is 9.47 Å². The van der Waals surface area contributed by atoms with Crippen molar-refractivity contribution >= 4 is 23.8 Å². The normalized spacial score (nSPS) is 12.7. The second-order valence-corrected chi connectivity index (χ2v) is 13.7. The molecular formula is C42H28NO2P. The molecule has 0 saturated heterocycles. The molecule has 0 aliphatic carbocycles. The zero-order valence-electron chi connectivity index (χ0n) is 25.1. The van der Waals surface area contributed by atoms with Crippen LogP contribution in [0.4, 0.5) is 0 Å². The van der Waals surface area contributed by atoms with E-state index < -0.39 is 7.92 Å². The summed E-state index contributed by atoms with van der Waals surface area (Å²) < 4.78 is 13.9. The standard InChI is InChI=1S/C42H28NO2P/c1-27-22-23-43-26-35(27)31-20-18-28(19-21-31)32-24-36-42-37(25-32)45-41-34(30-12-6-3-7-13-30)15-9-17-39(41)46(42)38-16-8-14-33(40(38)44-36)29-10-4-2-5-11-29/h2-26H,1H3. The maximum Gasteiger partial charge on any atom is 0.143 e. The van der Waals surface area contributed by atoms with Gasteiger partial charge >= 0.3 is 0 Å². The molecule has 6 aromatic carbocycles. The van der Waals surface area contributed by atoms with Crippen molar-refractivity contribution in [2.45, 2.75) is 6.92 Å². The predicted molar refractivity (Wildman–Crippen MR) is 190 cm³/mol. The van der Waals surface area contributed by atoms with E-state index >= 15 is 0 Å². The van der Waals surface area contributed by atoms with E-state index in [2.05, 4.69) is 145 Å². The summed E-state index contributed by atoms with van der Waals surface area (Å²) in [5, 5.41) is 3.56. The van der Waals surface area contributed by atoms with E-state index in [-0.39, 0.29) is 0 Å². The average Bonchev–Trinajstić information content (AvgIpc) is 3.12. The number of aromatic nitrogens is 1. The SMILES string of the molecule is Cc1ccncc1-c1ccc(-c2cc3c4c(c2)Oc2c(-c5ccccc5)cccc2P4c2cccc(-c4ccccc4)c2O3)cc1. The predicted octanol–water partition coefficient (Wildman–Crippen LogP) is 10.0. The Morgan fingerprint density at radius 3 is 1.54 bits per heavy atom. The van der Waals surface area contributed by atoms with Crippen molar-refractivity contribution in [1.29, 1.82) is 0 Å². The Bertz CT molecular complexity index is 2150. The van der Waals surface area contributed by atoms with Crippen molar-refractivity contribution < 1.29 is 9.47 Å². The first-order valence-corrected chi connectivity index (χ1v) is 16.8. The van der Waals surface area contributed by atoms with Gasteiger partial charge in [0, 0.05) is 47.6 Å². The number of para-hydroxylation sites is 2. The summed E-state index contributed by atoms with van der Waals surface area (Å²) in [5.74, 6) is 3.57. The van der Waals surface area contributed by atoms with Crippen molar-refractivity contribution in [3.8, 4) is 67.5 Å². The fourth-order valence-electron chi connectivity index (χ4n) is 6.63. The Morgan fingerprint density at radius 2 is 1.00 bits per heavy atom. The van der Waals surface area contributed by atoms with Gasteiger partial charge in [0.1, 0.15) is 23.0 Å². The first-order valence-electron chi connectivity index (χ1n) is 15.4. The van der Waals surface area contributed by atoms with Crippen LogP contribution in [0.25, 0.3) is 44.5 Å². The van der Waals surface area contributed by atoms with Gasteiger partial charge < -0.3 is 9.47 Å². The highest BCUT2D eigenvalue weighted by molar-refractivity contribution is 7.80. The molecule has 2 aliphatic rings. The van der Waals surface area contributed by atoms with Gasteiger partial charge in [0.05, 0.1) is 5.30 Å². The Labute approximate surface area is 269 Å². The Morgan fingerprint density at radius 1 is 0.478 bits per heavy atom. The number of nitrogens with zero attached hydrogens (tertiary/aromatic N) is 1. The molecule has 9 rings (SSSR count). The van der Waals surface area contributed by atoms with Gasteiger partial charge in [-0.05, 0) is 58.5 Å². The van der Waals surface area contributed by atoms with Gasteiger partial charge in [-0.25, -0.2) is 0 Å². The maximum absolute atomic E-state index is 6.94. The summed E-state index contributed by atoms with van der Waals surface area (Å²) in [6, 6.07) is 49.3. The zero-order chi connectivity index (χ0) is 30.6. The molecule has 218 valence electrons. The lowest BCUT2D eigenvalue weighted by atomic mass is 9.98. The van der Waals surface area contributed by atoms with Gasteiger partial charge in [0.25, 0.3) is 0 Å². The maximum atomic E-state index is 6.94. The third-order valence-electron chi connectivity index (χ3n) is 8.90. The first kappa shape index (κ1) is 26.9. The lowest BCUT2D eigenvalue weighted by Crippen LogP contribution is -2.32. The van der Waals surface area contributed by atoms with E-state index in [1.165, 1.54) is 16.2 Å². The third-order valence-corrected chi connectivity index (χ3v) is 11.5. The molecule has 0 fully saturated rings. The van der Waals surface area contributed by atoms with Crippen LogP contribution in [0.5, 0.6) is 23.0 Å². The molecule has 0 radical (unpaired) electrons. The molecule has 1 aromatic heterocycles. The van der Waals surface area contributed by atoms with Crippen LogP contribution >= 0.6 is 7.92 Å². The number of aryl methyl sites for hydroxylation is 1. The highest BCUT2D eigenvalue weighted by atomic mass is 31.1. The first-order chi connectivity index (χ1) is 22.7. The van der Waals surface area contributed by atoms with E-state index in [1.54, 1.807) is 0 Å². The smallest absolute Gasteiger partial charge is 0.143 e. The van der Waals surface area contributed by atoms with Crippen molar-refractivity contribution in [3.05, 3.63) is 157 Å². The second kappa shape index (κ2) is 10.8. The van der Waals surface area contributed by atoms with Crippen LogP contribution in [0.15, 0.2) is 152 Å². The summed E-state index contributed by atoms with van der Waals surface area (Å²) in [4.78, 5) is 4.35. The molecular weight excluding hydrogens is 581 g/mol. The number of hydrogen-bond donors (Lipinski definition) is 0. The molecule has 0 atom stereocenters. The monoisotopic (exact) mass is 609 g/mol. The molecule has 7 aromatic rings. The average molecular weight is 610 g/mol. The molecule has 3 heterocycles. The van der Waals surface area contributed by atoms with Crippen LogP contribution in [0.2, 0.25) is 0 Å². The summed E-state index contributed by atoms with van der Waals surface area (Å²) in [7, 11) is -0.942. The summed E-state index contributed by atoms with van der Waals surface area (Å²) in [5.41, 5.74) is 10.1.